The molecule has 1 aliphatic heterocycles. The second kappa shape index (κ2) is 9.35. The lowest BCUT2D eigenvalue weighted by atomic mass is 10.0. The maximum atomic E-state index is 11.3. The van der Waals surface area contributed by atoms with E-state index in [1.54, 1.807) is 24.4 Å². The number of thiocarbonyl (C=S) groups is 1. The Kier molecular flexibility index (Phi) is 6.09. The highest BCUT2D eigenvalue weighted by Crippen LogP contribution is 2.43. The van der Waals surface area contributed by atoms with Gasteiger partial charge in [-0.1, -0.05) is 31.2 Å². The number of carboxylic acid groups (broad SMARTS) is 1. The van der Waals surface area contributed by atoms with Crippen molar-refractivity contribution in [3.63, 3.8) is 0 Å². The van der Waals surface area contributed by atoms with Crippen molar-refractivity contribution in [3.05, 3.63) is 107 Å². The van der Waals surface area contributed by atoms with Crippen molar-refractivity contribution in [2.75, 3.05) is 4.90 Å². The van der Waals surface area contributed by atoms with Gasteiger partial charge >= 0.3 is 5.97 Å². The van der Waals surface area contributed by atoms with Gasteiger partial charge in [0.25, 0.3) is 0 Å². The number of rotatable bonds is 6. The molecule has 0 aliphatic carbocycles. The molecule has 0 unspecified atom stereocenters. The quantitative estimate of drug-likeness (QED) is 0.321. The highest BCUT2D eigenvalue weighted by molar-refractivity contribution is 7.80. The summed E-state index contributed by atoms with van der Waals surface area (Å²) in [7, 11) is 0. The van der Waals surface area contributed by atoms with E-state index in [9.17, 15) is 9.90 Å². The van der Waals surface area contributed by atoms with Crippen LogP contribution in [0.15, 0.2) is 83.4 Å². The number of hydrogen-bond acceptors (Lipinski definition) is 4. The molecular weight excluding hydrogens is 458 g/mol. The molecule has 0 spiro atoms. The van der Waals surface area contributed by atoms with E-state index in [0.717, 1.165) is 34.7 Å². The zero-order valence-corrected chi connectivity index (χ0v) is 20.3. The second-order valence-electron chi connectivity index (χ2n) is 8.55. The number of anilines is 1. The molecule has 5 rings (SSSR count). The second-order valence-corrected chi connectivity index (χ2v) is 8.94. The smallest absolute Gasteiger partial charge is 0.335 e. The highest BCUT2D eigenvalue weighted by Gasteiger charge is 2.42. The number of pyridine rings is 1. The van der Waals surface area contributed by atoms with Gasteiger partial charge < -0.3 is 19.7 Å². The molecule has 2 atom stereocenters. The van der Waals surface area contributed by atoms with Crippen LogP contribution in [0.2, 0.25) is 0 Å². The van der Waals surface area contributed by atoms with Gasteiger partial charge in [0.15, 0.2) is 5.11 Å². The third-order valence-corrected chi connectivity index (χ3v) is 6.69. The number of nitrogens with one attached hydrogen (secondary N) is 1. The summed E-state index contributed by atoms with van der Waals surface area (Å²) in [5, 5.41) is 13.3. The van der Waals surface area contributed by atoms with Crippen molar-refractivity contribution in [1.29, 1.82) is 0 Å². The summed E-state index contributed by atoms with van der Waals surface area (Å²) >= 11 is 5.79. The van der Waals surface area contributed by atoms with Crippen LogP contribution < -0.4 is 10.2 Å². The molecule has 6 nitrogen and oxygen atoms in total. The fraction of sp³-hybridized carbons (Fsp3) is 0.179. The molecule has 3 heterocycles. The van der Waals surface area contributed by atoms with E-state index >= 15 is 0 Å². The number of nitrogens with zero attached hydrogens (tertiary/aromatic N) is 2. The minimum Gasteiger partial charge on any atom is -0.478 e. The van der Waals surface area contributed by atoms with Crippen molar-refractivity contribution in [2.45, 2.75) is 32.4 Å². The van der Waals surface area contributed by atoms with Crippen molar-refractivity contribution in [3.8, 4) is 11.3 Å². The number of hydrogen-bond donors (Lipinski definition) is 2. The average molecular weight is 484 g/mol. The fourth-order valence-electron chi connectivity index (χ4n) is 4.54. The van der Waals surface area contributed by atoms with Gasteiger partial charge in [-0.2, -0.15) is 0 Å². The van der Waals surface area contributed by atoms with Gasteiger partial charge in [0.05, 0.1) is 17.3 Å². The minimum absolute atomic E-state index is 0.205. The molecule has 35 heavy (non-hydrogen) atoms. The molecule has 2 aromatic heterocycles. The summed E-state index contributed by atoms with van der Waals surface area (Å²) in [5.74, 6) is 0.464. The standard InChI is InChI=1S/C28H25N3O3S/c1-3-18-7-10-20(11-8-18)31-26(25(30-28(31)35)22-6-4-5-15-29-22)24-14-13-23(34-24)21-12-9-19(27(32)33)16-17(21)2/h4-16,25-26H,3H2,1-2H3,(H,30,35)(H,32,33)/t25-,26-/m0/s1. The third-order valence-electron chi connectivity index (χ3n) is 6.38. The predicted octanol–water partition coefficient (Wildman–Crippen LogP) is 6.09. The van der Waals surface area contributed by atoms with E-state index < -0.39 is 5.97 Å². The Balaban J connectivity index is 1.57. The SMILES string of the molecule is CCc1ccc(N2C(=S)N[C@@H](c3ccccn3)[C@@H]2c2ccc(-c3ccc(C(=O)O)cc3C)o2)cc1. The van der Waals surface area contributed by atoms with Gasteiger partial charge in [0, 0.05) is 17.4 Å². The third kappa shape index (κ3) is 4.31. The first-order chi connectivity index (χ1) is 17.0. The van der Waals surface area contributed by atoms with E-state index in [-0.39, 0.29) is 17.6 Å². The van der Waals surface area contributed by atoms with Gasteiger partial charge in [-0.3, -0.25) is 4.98 Å². The van der Waals surface area contributed by atoms with Gasteiger partial charge in [-0.05, 0) is 85.2 Å². The van der Waals surface area contributed by atoms with Gasteiger partial charge in [-0.15, -0.1) is 0 Å². The summed E-state index contributed by atoms with van der Waals surface area (Å²) in [6, 6.07) is 22.7. The van der Waals surface area contributed by atoms with E-state index in [2.05, 4.69) is 46.4 Å². The summed E-state index contributed by atoms with van der Waals surface area (Å²) in [4.78, 5) is 18.0. The Morgan fingerprint density at radius 2 is 1.91 bits per heavy atom. The Morgan fingerprint density at radius 1 is 1.11 bits per heavy atom. The molecule has 2 N–H and O–H groups in total. The van der Waals surface area contributed by atoms with E-state index in [1.165, 1.54) is 5.56 Å². The first kappa shape index (κ1) is 22.8. The topological polar surface area (TPSA) is 78.6 Å². The number of carboxylic acids is 1. The Morgan fingerprint density at radius 3 is 2.57 bits per heavy atom. The molecule has 1 aliphatic rings. The number of aromatic nitrogens is 1. The number of aryl methyl sites for hydroxylation is 2. The molecule has 0 saturated carbocycles. The lowest BCUT2D eigenvalue weighted by Gasteiger charge is -2.26. The van der Waals surface area contributed by atoms with Crippen molar-refractivity contribution >= 4 is 29.0 Å². The molecule has 7 heteroatoms. The van der Waals surface area contributed by atoms with Crippen molar-refractivity contribution < 1.29 is 14.3 Å². The summed E-state index contributed by atoms with van der Waals surface area (Å²) in [6.45, 7) is 4.01. The van der Waals surface area contributed by atoms with Gasteiger partial charge in [-0.25, -0.2) is 4.79 Å². The number of benzene rings is 2. The maximum absolute atomic E-state index is 11.3. The van der Waals surface area contributed by atoms with E-state index in [1.807, 2.05) is 37.3 Å². The van der Waals surface area contributed by atoms with Crippen LogP contribution >= 0.6 is 12.2 Å². The lowest BCUT2D eigenvalue weighted by Crippen LogP contribution is -2.29. The number of furan rings is 1. The molecule has 1 saturated heterocycles. The lowest BCUT2D eigenvalue weighted by molar-refractivity contribution is 0.0697. The summed E-state index contributed by atoms with van der Waals surface area (Å²) in [5.41, 5.74) is 5.03. The highest BCUT2D eigenvalue weighted by atomic mass is 32.1. The predicted molar refractivity (Wildman–Crippen MR) is 140 cm³/mol. The molecule has 0 amide bonds. The first-order valence-electron chi connectivity index (χ1n) is 11.5. The summed E-state index contributed by atoms with van der Waals surface area (Å²) < 4.78 is 6.42. The Labute approximate surface area is 209 Å². The van der Waals surface area contributed by atoms with Gasteiger partial charge in [0.1, 0.15) is 17.6 Å². The van der Waals surface area contributed by atoms with Crippen LogP contribution in [0.3, 0.4) is 0 Å². The van der Waals surface area contributed by atoms with E-state index in [4.69, 9.17) is 16.6 Å². The Hall–Kier alpha value is -3.97. The molecule has 4 aromatic rings. The van der Waals surface area contributed by atoms with Crippen LogP contribution in [0.1, 0.15) is 51.9 Å². The van der Waals surface area contributed by atoms with Crippen molar-refractivity contribution in [1.82, 2.24) is 10.3 Å². The normalized spacial score (nSPS) is 17.4. The van der Waals surface area contributed by atoms with E-state index in [0.29, 0.717) is 10.9 Å². The number of aromatic carboxylic acids is 1. The van der Waals surface area contributed by atoms with Crippen molar-refractivity contribution in [2.24, 2.45) is 0 Å². The maximum Gasteiger partial charge on any atom is 0.335 e. The molecule has 176 valence electrons. The minimum atomic E-state index is -0.951. The van der Waals surface area contributed by atoms with Gasteiger partial charge in [0.2, 0.25) is 0 Å². The molecule has 2 aromatic carbocycles. The number of carbonyl (C=O) groups is 1. The average Bonchev–Trinajstić information content (AvgIpc) is 3.49. The molecule has 0 bridgehead atoms. The molecule has 1 fully saturated rings. The van der Waals surface area contributed by atoms with Crippen LogP contribution in [-0.4, -0.2) is 21.2 Å². The van der Waals surface area contributed by atoms with Crippen LogP contribution in [0, 0.1) is 6.92 Å². The molecule has 0 radical (unpaired) electrons. The monoisotopic (exact) mass is 483 g/mol. The first-order valence-corrected chi connectivity index (χ1v) is 11.9. The zero-order chi connectivity index (χ0) is 24.5. The van der Waals surface area contributed by atoms with Crippen LogP contribution in [0.25, 0.3) is 11.3 Å². The fourth-order valence-corrected chi connectivity index (χ4v) is 4.89. The summed E-state index contributed by atoms with van der Waals surface area (Å²) in [6.07, 6.45) is 2.74. The van der Waals surface area contributed by atoms with Crippen LogP contribution in [-0.2, 0) is 6.42 Å². The van der Waals surface area contributed by atoms with Crippen LogP contribution in [0.4, 0.5) is 5.69 Å². The zero-order valence-electron chi connectivity index (χ0n) is 19.4. The largest absolute Gasteiger partial charge is 0.478 e. The van der Waals surface area contributed by atoms with Crippen LogP contribution in [0.5, 0.6) is 0 Å². The Bertz CT molecular complexity index is 1380. The molecular formula is C28H25N3O3S.